The van der Waals surface area contributed by atoms with Crippen molar-refractivity contribution in [1.82, 2.24) is 0 Å². The molecular formula is C15H13N2NaO. The van der Waals surface area contributed by atoms with Gasteiger partial charge in [0.15, 0.2) is 0 Å². The standard InChI is InChI=1S/C15H12N2O.Na.H/c16-15(18)17-13-7-3-1-5-11(13)9-10-12-6-2-4-8-14(12)17;;/h1-10H,(H2,16,18);;. The Hall–Kier alpha value is -1.55. The second-order valence-corrected chi connectivity index (χ2v) is 4.12. The number of carbonyl (C=O) groups is 1. The maximum atomic E-state index is 11.8. The minimum atomic E-state index is -0.474. The molecule has 0 saturated heterocycles. The summed E-state index contributed by atoms with van der Waals surface area (Å²) in [4.78, 5) is 13.3. The molecule has 0 spiro atoms. The summed E-state index contributed by atoms with van der Waals surface area (Å²) >= 11 is 0. The van der Waals surface area contributed by atoms with Crippen LogP contribution in [0.25, 0.3) is 12.2 Å². The normalized spacial score (nSPS) is 11.9. The molecule has 0 radical (unpaired) electrons. The molecule has 3 nitrogen and oxygen atoms in total. The number of amides is 2. The third-order valence-corrected chi connectivity index (χ3v) is 3.02. The first-order chi connectivity index (χ1) is 8.77. The van der Waals surface area contributed by atoms with Gasteiger partial charge >= 0.3 is 35.6 Å². The van der Waals surface area contributed by atoms with Crippen molar-refractivity contribution in [2.45, 2.75) is 0 Å². The van der Waals surface area contributed by atoms with Gasteiger partial charge in [-0.05, 0) is 23.3 Å². The molecule has 3 rings (SSSR count). The van der Waals surface area contributed by atoms with Crippen LogP contribution in [0.2, 0.25) is 0 Å². The van der Waals surface area contributed by atoms with E-state index in [0.29, 0.717) is 0 Å². The van der Waals surface area contributed by atoms with Gasteiger partial charge in [-0.1, -0.05) is 48.6 Å². The third-order valence-electron chi connectivity index (χ3n) is 3.02. The first-order valence-electron chi connectivity index (χ1n) is 5.73. The van der Waals surface area contributed by atoms with Crippen molar-refractivity contribution in [1.29, 1.82) is 0 Å². The number of urea groups is 1. The molecule has 0 unspecified atom stereocenters. The number of nitrogens with two attached hydrogens (primary N) is 1. The van der Waals surface area contributed by atoms with Crippen LogP contribution in [0.1, 0.15) is 11.1 Å². The molecule has 1 heterocycles. The van der Waals surface area contributed by atoms with E-state index in [1.165, 1.54) is 0 Å². The van der Waals surface area contributed by atoms with Gasteiger partial charge in [-0.25, -0.2) is 4.79 Å². The summed E-state index contributed by atoms with van der Waals surface area (Å²) in [5.74, 6) is 0. The fourth-order valence-electron chi connectivity index (χ4n) is 2.21. The Balaban J connectivity index is 0.00000133. The SMILES string of the molecule is NC(=O)N1c2ccccc2C=Cc2ccccc21.[NaH]. The van der Waals surface area contributed by atoms with E-state index >= 15 is 0 Å². The summed E-state index contributed by atoms with van der Waals surface area (Å²) in [7, 11) is 0. The third kappa shape index (κ3) is 2.45. The summed E-state index contributed by atoms with van der Waals surface area (Å²) in [6.45, 7) is 0. The molecule has 90 valence electrons. The Morgan fingerprint density at radius 1 is 0.842 bits per heavy atom. The number of primary amides is 1. The first-order valence-corrected chi connectivity index (χ1v) is 5.73. The number of fused-ring (bicyclic) bond motifs is 2. The summed E-state index contributed by atoms with van der Waals surface area (Å²) in [6.07, 6.45) is 3.99. The summed E-state index contributed by atoms with van der Waals surface area (Å²) < 4.78 is 0. The van der Waals surface area contributed by atoms with Crippen molar-refractivity contribution in [3.63, 3.8) is 0 Å². The number of hydrogen-bond donors (Lipinski definition) is 1. The van der Waals surface area contributed by atoms with E-state index in [0.717, 1.165) is 22.5 Å². The molecule has 4 heteroatoms. The summed E-state index contributed by atoms with van der Waals surface area (Å²) in [5.41, 5.74) is 9.11. The average Bonchev–Trinajstić information content (AvgIpc) is 2.55. The molecule has 2 aromatic carbocycles. The van der Waals surface area contributed by atoms with E-state index in [9.17, 15) is 4.79 Å². The molecule has 2 aromatic rings. The molecule has 2 amide bonds. The van der Waals surface area contributed by atoms with Crippen molar-refractivity contribution < 1.29 is 4.79 Å². The van der Waals surface area contributed by atoms with E-state index in [4.69, 9.17) is 5.73 Å². The Bertz CT molecular complexity index is 603. The van der Waals surface area contributed by atoms with Crippen LogP contribution in [-0.2, 0) is 0 Å². The number of hydrogen-bond acceptors (Lipinski definition) is 1. The Labute approximate surface area is 134 Å². The zero-order valence-electron chi connectivity index (χ0n) is 9.71. The minimum absolute atomic E-state index is 0. The zero-order chi connectivity index (χ0) is 12.5. The van der Waals surface area contributed by atoms with Crippen molar-refractivity contribution in [2.24, 2.45) is 5.73 Å². The Kier molecular flexibility index (Phi) is 4.10. The number of carbonyl (C=O) groups excluding carboxylic acids is 1. The van der Waals surface area contributed by atoms with E-state index in [1.807, 2.05) is 60.7 Å². The van der Waals surface area contributed by atoms with E-state index in [-0.39, 0.29) is 29.6 Å². The van der Waals surface area contributed by atoms with E-state index in [1.54, 1.807) is 4.90 Å². The van der Waals surface area contributed by atoms with Crippen molar-refractivity contribution >= 4 is 59.1 Å². The van der Waals surface area contributed by atoms with Crippen LogP contribution >= 0.6 is 0 Å². The van der Waals surface area contributed by atoms with Gasteiger partial charge in [0.25, 0.3) is 0 Å². The van der Waals surface area contributed by atoms with Gasteiger partial charge in [0.05, 0.1) is 11.4 Å². The van der Waals surface area contributed by atoms with Crippen LogP contribution in [0, 0.1) is 0 Å². The molecular weight excluding hydrogens is 247 g/mol. The molecule has 0 aromatic heterocycles. The Morgan fingerprint density at radius 3 is 1.68 bits per heavy atom. The molecule has 19 heavy (non-hydrogen) atoms. The van der Waals surface area contributed by atoms with Crippen LogP contribution in [0.15, 0.2) is 48.5 Å². The number of rotatable bonds is 0. The molecule has 1 aliphatic rings. The van der Waals surface area contributed by atoms with E-state index in [2.05, 4.69) is 0 Å². The van der Waals surface area contributed by atoms with Crippen LogP contribution < -0.4 is 10.6 Å². The molecule has 1 aliphatic heterocycles. The van der Waals surface area contributed by atoms with Crippen molar-refractivity contribution in [2.75, 3.05) is 4.90 Å². The van der Waals surface area contributed by atoms with Gasteiger partial charge in [-0.15, -0.1) is 0 Å². The van der Waals surface area contributed by atoms with Gasteiger partial charge in [0.2, 0.25) is 0 Å². The van der Waals surface area contributed by atoms with Crippen LogP contribution in [0.3, 0.4) is 0 Å². The molecule has 0 bridgehead atoms. The molecule has 0 atom stereocenters. The molecule has 0 aliphatic carbocycles. The second-order valence-electron chi connectivity index (χ2n) is 4.12. The number of anilines is 2. The molecule has 0 fully saturated rings. The second kappa shape index (κ2) is 5.61. The van der Waals surface area contributed by atoms with E-state index < -0.39 is 6.03 Å². The molecule has 0 saturated carbocycles. The van der Waals surface area contributed by atoms with Gasteiger partial charge in [0.1, 0.15) is 0 Å². The predicted octanol–water partition coefficient (Wildman–Crippen LogP) is 2.74. The number of para-hydroxylation sites is 2. The van der Waals surface area contributed by atoms with Gasteiger partial charge in [-0.3, -0.25) is 4.90 Å². The topological polar surface area (TPSA) is 46.3 Å². The van der Waals surface area contributed by atoms with Crippen molar-refractivity contribution in [3.05, 3.63) is 59.7 Å². The van der Waals surface area contributed by atoms with Gasteiger partial charge < -0.3 is 5.73 Å². The number of nitrogens with zero attached hydrogens (tertiary/aromatic N) is 1. The van der Waals surface area contributed by atoms with Crippen LogP contribution in [-0.4, -0.2) is 35.6 Å². The monoisotopic (exact) mass is 260 g/mol. The van der Waals surface area contributed by atoms with Crippen LogP contribution in [0.5, 0.6) is 0 Å². The summed E-state index contributed by atoms with van der Waals surface area (Å²) in [6, 6.07) is 14.9. The van der Waals surface area contributed by atoms with Crippen molar-refractivity contribution in [3.8, 4) is 0 Å². The maximum absolute atomic E-state index is 11.8. The van der Waals surface area contributed by atoms with Gasteiger partial charge in [-0.2, -0.15) is 0 Å². The van der Waals surface area contributed by atoms with Crippen LogP contribution in [0.4, 0.5) is 16.2 Å². The first kappa shape index (κ1) is 13.9. The fraction of sp³-hybridized carbons (Fsp3) is 0. The Morgan fingerprint density at radius 2 is 1.26 bits per heavy atom. The fourth-order valence-corrected chi connectivity index (χ4v) is 2.21. The summed E-state index contributed by atoms with van der Waals surface area (Å²) in [5, 5.41) is 0. The number of benzene rings is 2. The predicted molar refractivity (Wildman–Crippen MR) is 80.7 cm³/mol. The zero-order valence-corrected chi connectivity index (χ0v) is 9.71. The van der Waals surface area contributed by atoms with Gasteiger partial charge in [0, 0.05) is 0 Å². The molecule has 2 N–H and O–H groups in total. The average molecular weight is 260 g/mol. The quantitative estimate of drug-likeness (QED) is 0.727.